The van der Waals surface area contributed by atoms with Gasteiger partial charge in [0, 0.05) is 27.3 Å². The number of phenolic OH excluding ortho intramolecular Hbond substituents is 1. The van der Waals surface area contributed by atoms with Crippen LogP contribution < -0.4 is 0 Å². The third-order valence-corrected chi connectivity index (χ3v) is 3.49. The van der Waals surface area contributed by atoms with E-state index in [1.807, 2.05) is 6.92 Å². The van der Waals surface area contributed by atoms with Crippen molar-refractivity contribution in [3.8, 4) is 5.75 Å². The normalized spacial score (nSPS) is 22.8. The van der Waals surface area contributed by atoms with Crippen LogP contribution in [-0.4, -0.2) is 55.4 Å². The lowest BCUT2D eigenvalue weighted by Crippen LogP contribution is -2.30. The molecule has 0 aliphatic carbocycles. The van der Waals surface area contributed by atoms with E-state index in [-0.39, 0.29) is 23.9 Å². The van der Waals surface area contributed by atoms with Crippen LogP contribution >= 0.6 is 0 Å². The number of carbonyl (C=O) groups excluding carboxylic acids is 1. The molecule has 104 valence electrons. The number of likely N-dealkylation sites (tertiary alicyclic amines) is 1. The standard InChI is InChI=1S/C14H19NO4/c1-9-4-5-11(16)10(6-9)14(17)15-7-12(18-2)13(8-15)19-3/h4-6,12-13,16H,7-8H2,1-3H3. The third kappa shape index (κ3) is 2.72. The van der Waals surface area contributed by atoms with Gasteiger partial charge in [-0.25, -0.2) is 0 Å². The van der Waals surface area contributed by atoms with Crippen molar-refractivity contribution in [2.75, 3.05) is 27.3 Å². The Morgan fingerprint density at radius 3 is 2.37 bits per heavy atom. The predicted molar refractivity (Wildman–Crippen MR) is 70.3 cm³/mol. The van der Waals surface area contributed by atoms with Crippen LogP contribution in [0.4, 0.5) is 0 Å². The molecule has 0 saturated carbocycles. The Kier molecular flexibility index (Phi) is 4.07. The molecule has 5 heteroatoms. The molecule has 1 N–H and O–H groups in total. The van der Waals surface area contributed by atoms with Crippen molar-refractivity contribution < 1.29 is 19.4 Å². The molecule has 1 amide bonds. The molecule has 1 aromatic rings. The molecule has 2 atom stereocenters. The molecule has 5 nitrogen and oxygen atoms in total. The van der Waals surface area contributed by atoms with Crippen LogP contribution in [0.1, 0.15) is 15.9 Å². The fourth-order valence-corrected chi connectivity index (χ4v) is 2.35. The summed E-state index contributed by atoms with van der Waals surface area (Å²) in [6, 6.07) is 5.01. The van der Waals surface area contributed by atoms with E-state index in [2.05, 4.69) is 0 Å². The van der Waals surface area contributed by atoms with E-state index in [1.165, 1.54) is 0 Å². The first kappa shape index (κ1) is 13.8. The molecule has 1 aliphatic rings. The van der Waals surface area contributed by atoms with Gasteiger partial charge in [0.25, 0.3) is 5.91 Å². The van der Waals surface area contributed by atoms with Crippen molar-refractivity contribution >= 4 is 5.91 Å². The molecule has 0 aromatic heterocycles. The Morgan fingerprint density at radius 2 is 1.84 bits per heavy atom. The number of amides is 1. The van der Waals surface area contributed by atoms with Crippen molar-refractivity contribution in [2.45, 2.75) is 19.1 Å². The summed E-state index contributed by atoms with van der Waals surface area (Å²) in [5, 5.41) is 9.80. The molecular weight excluding hydrogens is 246 g/mol. The van der Waals surface area contributed by atoms with Crippen LogP contribution in [0.5, 0.6) is 5.75 Å². The van der Waals surface area contributed by atoms with Gasteiger partial charge in [-0.15, -0.1) is 0 Å². The number of hydrogen-bond donors (Lipinski definition) is 1. The minimum Gasteiger partial charge on any atom is -0.507 e. The summed E-state index contributed by atoms with van der Waals surface area (Å²) in [5.41, 5.74) is 1.26. The molecule has 0 spiro atoms. The molecule has 2 unspecified atom stereocenters. The van der Waals surface area contributed by atoms with E-state index in [9.17, 15) is 9.90 Å². The molecule has 1 fully saturated rings. The second-order valence-corrected chi connectivity index (χ2v) is 4.78. The zero-order valence-electron chi connectivity index (χ0n) is 11.4. The maximum atomic E-state index is 12.4. The largest absolute Gasteiger partial charge is 0.507 e. The summed E-state index contributed by atoms with van der Waals surface area (Å²) in [5.74, 6) is -0.187. The number of nitrogens with zero attached hydrogens (tertiary/aromatic N) is 1. The van der Waals surface area contributed by atoms with Crippen molar-refractivity contribution in [3.63, 3.8) is 0 Å². The predicted octanol–water partition coefficient (Wildman–Crippen LogP) is 1.19. The quantitative estimate of drug-likeness (QED) is 0.891. The monoisotopic (exact) mass is 265 g/mol. The highest BCUT2D eigenvalue weighted by molar-refractivity contribution is 5.97. The topological polar surface area (TPSA) is 59.0 Å². The fourth-order valence-electron chi connectivity index (χ4n) is 2.35. The van der Waals surface area contributed by atoms with Crippen molar-refractivity contribution in [3.05, 3.63) is 29.3 Å². The number of benzene rings is 1. The summed E-state index contributed by atoms with van der Waals surface area (Å²) in [6.45, 7) is 2.83. The van der Waals surface area contributed by atoms with E-state index in [1.54, 1.807) is 37.3 Å². The smallest absolute Gasteiger partial charge is 0.257 e. The molecule has 1 saturated heterocycles. The number of phenols is 1. The molecule has 0 radical (unpaired) electrons. The second-order valence-electron chi connectivity index (χ2n) is 4.78. The minimum absolute atomic E-state index is 0.00503. The first-order valence-corrected chi connectivity index (χ1v) is 6.21. The number of carbonyl (C=O) groups is 1. The van der Waals surface area contributed by atoms with Gasteiger partial charge < -0.3 is 19.5 Å². The fraction of sp³-hybridized carbons (Fsp3) is 0.500. The average Bonchev–Trinajstić information content (AvgIpc) is 2.84. The maximum Gasteiger partial charge on any atom is 0.257 e. The molecule has 1 heterocycles. The Morgan fingerprint density at radius 1 is 1.26 bits per heavy atom. The van der Waals surface area contributed by atoms with Gasteiger partial charge in [-0.2, -0.15) is 0 Å². The minimum atomic E-state index is -0.192. The summed E-state index contributed by atoms with van der Waals surface area (Å²) in [6.07, 6.45) is -0.248. The van der Waals surface area contributed by atoms with Gasteiger partial charge in [0.1, 0.15) is 18.0 Å². The van der Waals surface area contributed by atoms with Crippen LogP contribution in [-0.2, 0) is 9.47 Å². The molecule has 1 aromatic carbocycles. The second kappa shape index (κ2) is 5.59. The van der Waals surface area contributed by atoms with E-state index >= 15 is 0 Å². The lowest BCUT2D eigenvalue weighted by Gasteiger charge is -2.16. The zero-order valence-corrected chi connectivity index (χ0v) is 11.4. The lowest BCUT2D eigenvalue weighted by molar-refractivity contribution is -0.00461. The van der Waals surface area contributed by atoms with Gasteiger partial charge in [0.15, 0.2) is 0 Å². The molecule has 0 bridgehead atoms. The van der Waals surface area contributed by atoms with Gasteiger partial charge in [-0.1, -0.05) is 11.6 Å². The van der Waals surface area contributed by atoms with E-state index in [0.29, 0.717) is 18.7 Å². The molecule has 2 rings (SSSR count). The van der Waals surface area contributed by atoms with Crippen LogP contribution in [0.25, 0.3) is 0 Å². The van der Waals surface area contributed by atoms with Gasteiger partial charge in [-0.3, -0.25) is 4.79 Å². The average molecular weight is 265 g/mol. The highest BCUT2D eigenvalue weighted by Gasteiger charge is 2.36. The Labute approximate surface area is 112 Å². The van der Waals surface area contributed by atoms with Crippen LogP contribution in [0.15, 0.2) is 18.2 Å². The number of aromatic hydroxyl groups is 1. The van der Waals surface area contributed by atoms with Gasteiger partial charge >= 0.3 is 0 Å². The zero-order chi connectivity index (χ0) is 14.0. The Balaban J connectivity index is 2.19. The van der Waals surface area contributed by atoms with Crippen molar-refractivity contribution in [1.82, 2.24) is 4.90 Å². The SMILES string of the molecule is COC1CN(C(=O)c2cc(C)ccc2O)CC1OC. The summed E-state index contributed by atoms with van der Waals surface area (Å²) >= 11 is 0. The van der Waals surface area contributed by atoms with Gasteiger partial charge in [-0.05, 0) is 19.1 Å². The van der Waals surface area contributed by atoms with E-state index < -0.39 is 0 Å². The number of rotatable bonds is 3. The summed E-state index contributed by atoms with van der Waals surface area (Å²) in [7, 11) is 3.21. The van der Waals surface area contributed by atoms with E-state index in [0.717, 1.165) is 5.56 Å². The van der Waals surface area contributed by atoms with Gasteiger partial charge in [0.05, 0.1) is 5.56 Å². The Hall–Kier alpha value is -1.59. The number of methoxy groups -OCH3 is 2. The maximum absolute atomic E-state index is 12.4. The van der Waals surface area contributed by atoms with Crippen LogP contribution in [0, 0.1) is 6.92 Å². The molecule has 19 heavy (non-hydrogen) atoms. The van der Waals surface area contributed by atoms with Crippen molar-refractivity contribution in [2.24, 2.45) is 0 Å². The van der Waals surface area contributed by atoms with E-state index in [4.69, 9.17) is 9.47 Å². The third-order valence-electron chi connectivity index (χ3n) is 3.49. The number of ether oxygens (including phenoxy) is 2. The Bertz CT molecular complexity index is 463. The van der Waals surface area contributed by atoms with Gasteiger partial charge in [0.2, 0.25) is 0 Å². The molecular formula is C14H19NO4. The highest BCUT2D eigenvalue weighted by atomic mass is 16.5. The first-order chi connectivity index (χ1) is 9.06. The van der Waals surface area contributed by atoms with Crippen molar-refractivity contribution in [1.29, 1.82) is 0 Å². The first-order valence-electron chi connectivity index (χ1n) is 6.21. The lowest BCUT2D eigenvalue weighted by atomic mass is 10.1. The number of aryl methyl sites for hydroxylation is 1. The molecule has 1 aliphatic heterocycles. The summed E-state index contributed by atoms with van der Waals surface area (Å²) < 4.78 is 10.6. The van der Waals surface area contributed by atoms with Crippen LogP contribution in [0.3, 0.4) is 0 Å². The summed E-state index contributed by atoms with van der Waals surface area (Å²) in [4.78, 5) is 14.0. The highest BCUT2D eigenvalue weighted by Crippen LogP contribution is 2.23. The number of hydrogen-bond acceptors (Lipinski definition) is 4. The van der Waals surface area contributed by atoms with Crippen LogP contribution in [0.2, 0.25) is 0 Å².